The van der Waals surface area contributed by atoms with Crippen LogP contribution in [0.4, 0.5) is 9.59 Å². The molecule has 2 fully saturated rings. The smallest absolute Gasteiger partial charge is 0.410 e. The number of piperidine rings is 2. The summed E-state index contributed by atoms with van der Waals surface area (Å²) in [6.45, 7) is 8.34. The zero-order chi connectivity index (χ0) is 26.9. The first kappa shape index (κ1) is 26.5. The van der Waals surface area contributed by atoms with Crippen molar-refractivity contribution in [2.75, 3.05) is 32.8 Å². The van der Waals surface area contributed by atoms with Gasteiger partial charge in [-0.2, -0.15) is 0 Å². The molecule has 0 saturated carbocycles. The third-order valence-corrected chi connectivity index (χ3v) is 8.29. The molecule has 2 aliphatic heterocycles. The zero-order valence-electron chi connectivity index (χ0n) is 22.8. The van der Waals surface area contributed by atoms with Crippen LogP contribution in [0.15, 0.2) is 48.5 Å². The number of ether oxygens (including phenoxy) is 2. The number of aliphatic hydroxyl groups excluding tert-OH is 1. The van der Waals surface area contributed by atoms with Gasteiger partial charge in [-0.05, 0) is 80.5 Å². The molecule has 1 atom stereocenters. The number of hydrogen-bond acceptors (Lipinski definition) is 5. The minimum absolute atomic E-state index is 0.0530. The van der Waals surface area contributed by atoms with Crippen LogP contribution in [-0.2, 0) is 9.47 Å². The topological polar surface area (TPSA) is 79.3 Å². The van der Waals surface area contributed by atoms with Crippen molar-refractivity contribution in [2.45, 2.75) is 64.1 Å². The second kappa shape index (κ2) is 11.0. The number of fused-ring (bicyclic) bond motifs is 3. The third-order valence-electron chi connectivity index (χ3n) is 8.29. The minimum Gasteiger partial charge on any atom is -0.448 e. The Kier molecular flexibility index (Phi) is 7.66. The Morgan fingerprint density at radius 1 is 0.816 bits per heavy atom. The Balaban J connectivity index is 1.09. The Bertz CT molecular complexity index is 1100. The second-order valence-electron chi connectivity index (χ2n) is 11.9. The summed E-state index contributed by atoms with van der Waals surface area (Å²) < 4.78 is 11.3. The average Bonchev–Trinajstić information content (AvgIpc) is 3.24. The first-order valence-corrected chi connectivity index (χ1v) is 14.0. The quantitative estimate of drug-likeness (QED) is 0.563. The SMILES string of the molecule is CC(C)(C)OC(=O)N1CCC(C(O)C2CCN(C(=O)OCC3c4ccccc4-c4ccccc43)CC2)CC1. The number of rotatable bonds is 4. The maximum atomic E-state index is 12.9. The zero-order valence-corrected chi connectivity index (χ0v) is 22.8. The first-order valence-electron chi connectivity index (χ1n) is 14.0. The molecule has 2 saturated heterocycles. The van der Waals surface area contributed by atoms with E-state index in [1.807, 2.05) is 45.0 Å². The number of likely N-dealkylation sites (tertiary alicyclic amines) is 2. The maximum absolute atomic E-state index is 12.9. The fourth-order valence-electron chi connectivity index (χ4n) is 6.24. The average molecular weight is 521 g/mol. The lowest BCUT2D eigenvalue weighted by atomic mass is 9.80. The second-order valence-corrected chi connectivity index (χ2v) is 11.9. The van der Waals surface area contributed by atoms with Gasteiger partial charge in [0.1, 0.15) is 12.2 Å². The number of aliphatic hydroxyl groups is 1. The molecule has 2 aromatic carbocycles. The molecular weight excluding hydrogens is 480 g/mol. The normalized spacial score (nSPS) is 19.6. The third kappa shape index (κ3) is 5.68. The van der Waals surface area contributed by atoms with Gasteiger partial charge in [0.25, 0.3) is 0 Å². The molecule has 5 rings (SSSR count). The van der Waals surface area contributed by atoms with Crippen molar-refractivity contribution in [1.82, 2.24) is 9.80 Å². The fourth-order valence-corrected chi connectivity index (χ4v) is 6.24. The molecule has 3 aliphatic rings. The summed E-state index contributed by atoms with van der Waals surface area (Å²) in [5.41, 5.74) is 4.35. The van der Waals surface area contributed by atoms with Gasteiger partial charge >= 0.3 is 12.2 Å². The van der Waals surface area contributed by atoms with Gasteiger partial charge in [0.2, 0.25) is 0 Å². The maximum Gasteiger partial charge on any atom is 0.410 e. The van der Waals surface area contributed by atoms with Crippen LogP contribution in [0.1, 0.15) is 63.5 Å². The molecule has 0 radical (unpaired) electrons. The summed E-state index contributed by atoms with van der Waals surface area (Å²) in [5.74, 6) is 0.377. The van der Waals surface area contributed by atoms with Gasteiger partial charge in [-0.1, -0.05) is 48.5 Å². The number of nitrogens with zero attached hydrogens (tertiary/aromatic N) is 2. The van der Waals surface area contributed by atoms with Gasteiger partial charge in [0, 0.05) is 32.1 Å². The highest BCUT2D eigenvalue weighted by molar-refractivity contribution is 5.79. The van der Waals surface area contributed by atoms with Crippen molar-refractivity contribution < 1.29 is 24.2 Å². The van der Waals surface area contributed by atoms with Gasteiger partial charge < -0.3 is 24.4 Å². The molecule has 0 aromatic heterocycles. The predicted molar refractivity (Wildman–Crippen MR) is 146 cm³/mol. The van der Waals surface area contributed by atoms with Gasteiger partial charge in [0.15, 0.2) is 0 Å². The van der Waals surface area contributed by atoms with Crippen LogP contribution in [0, 0.1) is 11.8 Å². The van der Waals surface area contributed by atoms with E-state index in [0.29, 0.717) is 32.8 Å². The number of carbonyl (C=O) groups excluding carboxylic acids is 2. The number of carbonyl (C=O) groups is 2. The highest BCUT2D eigenvalue weighted by Crippen LogP contribution is 2.44. The lowest BCUT2D eigenvalue weighted by molar-refractivity contribution is -0.0158. The molecule has 38 heavy (non-hydrogen) atoms. The minimum atomic E-state index is -0.505. The Hall–Kier alpha value is -3.06. The van der Waals surface area contributed by atoms with E-state index in [2.05, 4.69) is 24.3 Å². The summed E-state index contributed by atoms with van der Waals surface area (Å²) in [5, 5.41) is 11.1. The number of amides is 2. The largest absolute Gasteiger partial charge is 0.448 e. The van der Waals surface area contributed by atoms with E-state index in [4.69, 9.17) is 9.47 Å². The van der Waals surface area contributed by atoms with Crippen molar-refractivity contribution in [1.29, 1.82) is 0 Å². The van der Waals surface area contributed by atoms with E-state index < -0.39 is 11.7 Å². The lowest BCUT2D eigenvalue weighted by Gasteiger charge is -2.40. The van der Waals surface area contributed by atoms with Crippen LogP contribution in [0.25, 0.3) is 11.1 Å². The van der Waals surface area contributed by atoms with Crippen molar-refractivity contribution in [3.05, 3.63) is 59.7 Å². The molecule has 204 valence electrons. The Morgan fingerprint density at radius 2 is 1.26 bits per heavy atom. The van der Waals surface area contributed by atoms with E-state index in [-0.39, 0.29) is 29.9 Å². The molecular formula is C31H40N2O5. The van der Waals surface area contributed by atoms with E-state index in [1.165, 1.54) is 22.3 Å². The van der Waals surface area contributed by atoms with Gasteiger partial charge in [0.05, 0.1) is 6.10 Å². The summed E-state index contributed by atoms with van der Waals surface area (Å²) in [6.07, 6.45) is 2.10. The Labute approximate surface area is 225 Å². The van der Waals surface area contributed by atoms with Crippen molar-refractivity contribution in [3.8, 4) is 11.1 Å². The molecule has 2 heterocycles. The van der Waals surface area contributed by atoms with E-state index in [0.717, 1.165) is 25.7 Å². The van der Waals surface area contributed by atoms with Crippen LogP contribution >= 0.6 is 0 Å². The van der Waals surface area contributed by atoms with Crippen LogP contribution in [0.3, 0.4) is 0 Å². The molecule has 0 bridgehead atoms. The molecule has 7 heteroatoms. The molecule has 2 aromatic rings. The highest BCUT2D eigenvalue weighted by Gasteiger charge is 2.36. The number of hydrogen-bond donors (Lipinski definition) is 1. The van der Waals surface area contributed by atoms with Gasteiger partial charge in [-0.25, -0.2) is 9.59 Å². The summed E-state index contributed by atoms with van der Waals surface area (Å²) in [4.78, 5) is 28.8. The van der Waals surface area contributed by atoms with Crippen molar-refractivity contribution >= 4 is 12.2 Å². The molecule has 0 spiro atoms. The van der Waals surface area contributed by atoms with E-state index >= 15 is 0 Å². The van der Waals surface area contributed by atoms with E-state index in [9.17, 15) is 14.7 Å². The van der Waals surface area contributed by atoms with Crippen molar-refractivity contribution in [3.63, 3.8) is 0 Å². The molecule has 1 aliphatic carbocycles. The fraction of sp³-hybridized carbons (Fsp3) is 0.548. The Morgan fingerprint density at radius 3 is 1.74 bits per heavy atom. The standard InChI is InChI=1S/C31H40N2O5/c1-31(2,3)38-30(36)33-18-14-22(15-19-33)28(34)21-12-16-32(17-13-21)29(35)37-20-27-25-10-6-4-8-23(25)24-9-5-7-11-26(24)27/h4-11,21-22,27-28,34H,12-20H2,1-3H3. The highest BCUT2D eigenvalue weighted by atomic mass is 16.6. The summed E-state index contributed by atoms with van der Waals surface area (Å²) in [7, 11) is 0. The summed E-state index contributed by atoms with van der Waals surface area (Å²) >= 11 is 0. The van der Waals surface area contributed by atoms with Crippen LogP contribution in [0.5, 0.6) is 0 Å². The van der Waals surface area contributed by atoms with Crippen LogP contribution in [-0.4, -0.2) is 71.6 Å². The number of benzene rings is 2. The molecule has 1 N–H and O–H groups in total. The van der Waals surface area contributed by atoms with Crippen LogP contribution in [0.2, 0.25) is 0 Å². The molecule has 2 amide bonds. The van der Waals surface area contributed by atoms with E-state index in [1.54, 1.807) is 9.80 Å². The molecule has 1 unspecified atom stereocenters. The lowest BCUT2D eigenvalue weighted by Crippen LogP contribution is -2.47. The monoisotopic (exact) mass is 520 g/mol. The van der Waals surface area contributed by atoms with Crippen LogP contribution < -0.4 is 0 Å². The summed E-state index contributed by atoms with van der Waals surface area (Å²) in [6, 6.07) is 16.7. The van der Waals surface area contributed by atoms with Gasteiger partial charge in [-0.15, -0.1) is 0 Å². The first-order chi connectivity index (χ1) is 18.2. The van der Waals surface area contributed by atoms with Crippen molar-refractivity contribution in [2.24, 2.45) is 11.8 Å². The predicted octanol–water partition coefficient (Wildman–Crippen LogP) is 5.66. The van der Waals surface area contributed by atoms with Gasteiger partial charge in [-0.3, -0.25) is 0 Å². The molecule has 7 nitrogen and oxygen atoms in total.